The molecule has 0 spiro atoms. The first kappa shape index (κ1) is 13.9. The standard InChI is InChI=1S/C16H24N2O/c1-4-12-7-5-10-15(12)18-14-9-6-8-13(11(14)2)16(19)17-3/h6,8-9,12,15,18H,4-5,7,10H2,1-3H3,(H,17,19). The van der Waals surface area contributed by atoms with Crippen molar-refractivity contribution in [2.45, 2.75) is 45.6 Å². The fourth-order valence-electron chi connectivity index (χ4n) is 3.09. The van der Waals surface area contributed by atoms with Crippen LogP contribution in [0.2, 0.25) is 0 Å². The minimum atomic E-state index is -0.0142. The number of anilines is 1. The second-order valence-corrected chi connectivity index (χ2v) is 5.41. The molecule has 1 fully saturated rings. The van der Waals surface area contributed by atoms with Crippen molar-refractivity contribution in [1.29, 1.82) is 0 Å². The van der Waals surface area contributed by atoms with Crippen LogP contribution in [0, 0.1) is 12.8 Å². The van der Waals surface area contributed by atoms with Gasteiger partial charge in [0.05, 0.1) is 0 Å². The Bertz CT molecular complexity index is 456. The molecule has 2 N–H and O–H groups in total. The Morgan fingerprint density at radius 3 is 2.84 bits per heavy atom. The summed E-state index contributed by atoms with van der Waals surface area (Å²) in [6.07, 6.45) is 5.10. The molecule has 2 rings (SSSR count). The average molecular weight is 260 g/mol. The molecular weight excluding hydrogens is 236 g/mol. The van der Waals surface area contributed by atoms with E-state index in [1.54, 1.807) is 7.05 Å². The molecule has 3 heteroatoms. The number of nitrogens with one attached hydrogen (secondary N) is 2. The second kappa shape index (κ2) is 6.09. The third kappa shape index (κ3) is 2.91. The number of hydrogen-bond acceptors (Lipinski definition) is 2. The quantitative estimate of drug-likeness (QED) is 0.871. The molecule has 2 unspecified atom stereocenters. The van der Waals surface area contributed by atoms with Gasteiger partial charge in [-0.25, -0.2) is 0 Å². The zero-order valence-electron chi connectivity index (χ0n) is 12.1. The summed E-state index contributed by atoms with van der Waals surface area (Å²) in [5.74, 6) is 0.752. The average Bonchev–Trinajstić information content (AvgIpc) is 2.87. The maximum atomic E-state index is 11.8. The van der Waals surface area contributed by atoms with Crippen LogP contribution in [0.25, 0.3) is 0 Å². The monoisotopic (exact) mass is 260 g/mol. The summed E-state index contributed by atoms with van der Waals surface area (Å²) in [5.41, 5.74) is 2.91. The van der Waals surface area contributed by atoms with E-state index in [4.69, 9.17) is 0 Å². The van der Waals surface area contributed by atoms with Crippen LogP contribution >= 0.6 is 0 Å². The summed E-state index contributed by atoms with van der Waals surface area (Å²) in [6, 6.07) is 6.47. The molecule has 0 aromatic heterocycles. The van der Waals surface area contributed by atoms with Crippen molar-refractivity contribution in [1.82, 2.24) is 5.32 Å². The number of amides is 1. The van der Waals surface area contributed by atoms with Crippen LogP contribution in [0.15, 0.2) is 18.2 Å². The van der Waals surface area contributed by atoms with Crippen LogP contribution in [0.3, 0.4) is 0 Å². The first-order valence-corrected chi connectivity index (χ1v) is 7.25. The largest absolute Gasteiger partial charge is 0.382 e. The topological polar surface area (TPSA) is 41.1 Å². The van der Waals surface area contributed by atoms with Crippen molar-refractivity contribution >= 4 is 11.6 Å². The van der Waals surface area contributed by atoms with Gasteiger partial charge in [0.1, 0.15) is 0 Å². The lowest BCUT2D eigenvalue weighted by Gasteiger charge is -2.22. The lowest BCUT2D eigenvalue weighted by molar-refractivity contribution is 0.0962. The van der Waals surface area contributed by atoms with Gasteiger partial charge in [-0.3, -0.25) is 4.79 Å². The van der Waals surface area contributed by atoms with E-state index in [0.29, 0.717) is 6.04 Å². The van der Waals surface area contributed by atoms with E-state index in [9.17, 15) is 4.79 Å². The summed E-state index contributed by atoms with van der Waals surface area (Å²) in [7, 11) is 1.67. The van der Waals surface area contributed by atoms with Gasteiger partial charge in [0, 0.05) is 24.3 Å². The zero-order valence-corrected chi connectivity index (χ0v) is 12.1. The Balaban J connectivity index is 2.19. The lowest BCUT2D eigenvalue weighted by Crippen LogP contribution is -2.25. The molecule has 1 aromatic rings. The smallest absolute Gasteiger partial charge is 0.251 e. The van der Waals surface area contributed by atoms with Crippen LogP contribution in [0.4, 0.5) is 5.69 Å². The van der Waals surface area contributed by atoms with Gasteiger partial charge in [-0.2, -0.15) is 0 Å². The van der Waals surface area contributed by atoms with E-state index in [-0.39, 0.29) is 5.91 Å². The highest BCUT2D eigenvalue weighted by molar-refractivity contribution is 5.96. The van der Waals surface area contributed by atoms with Gasteiger partial charge in [0.2, 0.25) is 0 Å². The Labute approximate surface area is 115 Å². The van der Waals surface area contributed by atoms with Crippen LogP contribution in [0.5, 0.6) is 0 Å². The fraction of sp³-hybridized carbons (Fsp3) is 0.562. The van der Waals surface area contributed by atoms with E-state index in [2.05, 4.69) is 23.6 Å². The predicted octanol–water partition coefficient (Wildman–Crippen LogP) is 3.35. The SMILES string of the molecule is CCC1CCCC1Nc1cccc(C(=O)NC)c1C. The van der Waals surface area contributed by atoms with Gasteiger partial charge in [-0.15, -0.1) is 0 Å². The second-order valence-electron chi connectivity index (χ2n) is 5.41. The molecule has 1 saturated carbocycles. The molecule has 19 heavy (non-hydrogen) atoms. The number of carbonyl (C=O) groups is 1. The Kier molecular flexibility index (Phi) is 4.46. The Hall–Kier alpha value is -1.51. The molecule has 1 amide bonds. The molecule has 104 valence electrons. The first-order valence-electron chi connectivity index (χ1n) is 7.25. The molecule has 2 atom stereocenters. The van der Waals surface area contributed by atoms with Crippen LogP contribution < -0.4 is 10.6 Å². The van der Waals surface area contributed by atoms with Crippen LogP contribution in [-0.4, -0.2) is 19.0 Å². The highest BCUT2D eigenvalue weighted by atomic mass is 16.1. The van der Waals surface area contributed by atoms with E-state index in [1.807, 2.05) is 19.1 Å². The van der Waals surface area contributed by atoms with E-state index in [1.165, 1.54) is 25.7 Å². The van der Waals surface area contributed by atoms with E-state index < -0.39 is 0 Å². The fourth-order valence-corrected chi connectivity index (χ4v) is 3.09. The van der Waals surface area contributed by atoms with Crippen molar-refractivity contribution in [3.63, 3.8) is 0 Å². The highest BCUT2D eigenvalue weighted by Crippen LogP contribution is 2.32. The van der Waals surface area contributed by atoms with Gasteiger partial charge in [-0.05, 0) is 43.4 Å². The van der Waals surface area contributed by atoms with Crippen LogP contribution in [-0.2, 0) is 0 Å². The molecule has 1 aromatic carbocycles. The molecule has 0 heterocycles. The number of benzene rings is 1. The summed E-state index contributed by atoms with van der Waals surface area (Å²) in [6.45, 7) is 4.28. The maximum Gasteiger partial charge on any atom is 0.251 e. The first-order chi connectivity index (χ1) is 9.17. The lowest BCUT2D eigenvalue weighted by atomic mass is 9.99. The summed E-state index contributed by atoms with van der Waals surface area (Å²) in [5, 5.41) is 6.35. The summed E-state index contributed by atoms with van der Waals surface area (Å²) >= 11 is 0. The number of hydrogen-bond donors (Lipinski definition) is 2. The highest BCUT2D eigenvalue weighted by Gasteiger charge is 2.26. The molecular formula is C16H24N2O. The van der Waals surface area contributed by atoms with Gasteiger partial charge in [0.15, 0.2) is 0 Å². The molecule has 0 aliphatic heterocycles. The molecule has 0 bridgehead atoms. The summed E-state index contributed by atoms with van der Waals surface area (Å²) < 4.78 is 0. The van der Waals surface area contributed by atoms with Crippen molar-refractivity contribution in [2.75, 3.05) is 12.4 Å². The minimum absolute atomic E-state index is 0.0142. The van der Waals surface area contributed by atoms with Crippen LogP contribution in [0.1, 0.15) is 48.5 Å². The molecule has 1 aliphatic carbocycles. The number of rotatable bonds is 4. The van der Waals surface area contributed by atoms with Gasteiger partial charge in [0.25, 0.3) is 5.91 Å². The molecule has 3 nitrogen and oxygen atoms in total. The van der Waals surface area contributed by atoms with E-state index >= 15 is 0 Å². The third-order valence-corrected chi connectivity index (χ3v) is 4.33. The predicted molar refractivity (Wildman–Crippen MR) is 79.6 cm³/mol. The van der Waals surface area contributed by atoms with Crippen molar-refractivity contribution < 1.29 is 4.79 Å². The van der Waals surface area contributed by atoms with E-state index in [0.717, 1.165) is 22.7 Å². The number of carbonyl (C=O) groups excluding carboxylic acids is 1. The minimum Gasteiger partial charge on any atom is -0.382 e. The van der Waals surface area contributed by atoms with Crippen molar-refractivity contribution in [3.8, 4) is 0 Å². The third-order valence-electron chi connectivity index (χ3n) is 4.33. The van der Waals surface area contributed by atoms with Crippen molar-refractivity contribution in [3.05, 3.63) is 29.3 Å². The van der Waals surface area contributed by atoms with Gasteiger partial charge >= 0.3 is 0 Å². The normalized spacial score (nSPS) is 22.3. The maximum absolute atomic E-state index is 11.8. The van der Waals surface area contributed by atoms with Gasteiger partial charge < -0.3 is 10.6 Å². The van der Waals surface area contributed by atoms with Gasteiger partial charge in [-0.1, -0.05) is 25.8 Å². The summed E-state index contributed by atoms with van der Waals surface area (Å²) in [4.78, 5) is 11.8. The molecule has 0 saturated heterocycles. The molecule has 1 aliphatic rings. The Morgan fingerprint density at radius 2 is 2.16 bits per heavy atom. The zero-order chi connectivity index (χ0) is 13.8. The Morgan fingerprint density at radius 1 is 1.37 bits per heavy atom. The van der Waals surface area contributed by atoms with Crippen molar-refractivity contribution in [2.24, 2.45) is 5.92 Å². The molecule has 0 radical (unpaired) electrons.